The van der Waals surface area contributed by atoms with Crippen molar-refractivity contribution in [2.75, 3.05) is 0 Å². The van der Waals surface area contributed by atoms with E-state index in [1.165, 1.54) is 5.57 Å². The lowest BCUT2D eigenvalue weighted by Crippen LogP contribution is -2.04. The summed E-state index contributed by atoms with van der Waals surface area (Å²) in [4.78, 5) is 10.9. The highest BCUT2D eigenvalue weighted by Gasteiger charge is 2.13. The van der Waals surface area contributed by atoms with Crippen LogP contribution in [0.5, 0.6) is 0 Å². The summed E-state index contributed by atoms with van der Waals surface area (Å²) in [5.74, 6) is 0.333. The Kier molecular flexibility index (Phi) is 2.27. The maximum atomic E-state index is 10.9. The molecule has 50 valence electrons. The van der Waals surface area contributed by atoms with E-state index >= 15 is 0 Å². The molecular weight excluding hydrogens is 227 g/mol. The predicted molar refractivity (Wildman–Crippen MR) is 45.6 cm³/mol. The van der Waals surface area contributed by atoms with Gasteiger partial charge in [0.2, 0.25) is 0 Å². The summed E-state index contributed by atoms with van der Waals surface area (Å²) in [5, 5.41) is 0. The molecule has 0 radical (unpaired) electrons. The maximum absolute atomic E-state index is 10.9. The zero-order valence-corrected chi connectivity index (χ0v) is 7.57. The first kappa shape index (κ1) is 7.25. The highest BCUT2D eigenvalue weighted by molar-refractivity contribution is 14.1. The molecule has 0 N–H and O–H groups in total. The van der Waals surface area contributed by atoms with Crippen molar-refractivity contribution < 1.29 is 4.79 Å². The zero-order chi connectivity index (χ0) is 6.85. The number of rotatable bonds is 0. The highest BCUT2D eigenvalue weighted by atomic mass is 127. The van der Waals surface area contributed by atoms with Gasteiger partial charge in [-0.3, -0.25) is 4.79 Å². The zero-order valence-electron chi connectivity index (χ0n) is 5.41. The first-order valence-electron chi connectivity index (χ1n) is 3.10. The van der Waals surface area contributed by atoms with Gasteiger partial charge in [0, 0.05) is 6.42 Å². The molecule has 9 heavy (non-hydrogen) atoms. The van der Waals surface area contributed by atoms with Crippen LogP contribution >= 0.6 is 22.6 Å². The van der Waals surface area contributed by atoms with Crippen molar-refractivity contribution in [1.82, 2.24) is 0 Å². The van der Waals surface area contributed by atoms with E-state index in [0.29, 0.717) is 5.78 Å². The molecule has 0 unspecified atom stereocenters. The van der Waals surface area contributed by atoms with E-state index in [0.717, 1.165) is 22.8 Å². The minimum absolute atomic E-state index is 0.333. The van der Waals surface area contributed by atoms with Crippen molar-refractivity contribution in [3.8, 4) is 0 Å². The first-order chi connectivity index (χ1) is 4.22. The van der Waals surface area contributed by atoms with Crippen LogP contribution in [-0.2, 0) is 4.79 Å². The molecule has 0 saturated heterocycles. The molecule has 0 saturated carbocycles. The van der Waals surface area contributed by atoms with Gasteiger partial charge >= 0.3 is 0 Å². The molecule has 0 aromatic heterocycles. The normalized spacial score (nSPS) is 20.9. The Hall–Kier alpha value is 0.140. The van der Waals surface area contributed by atoms with Crippen LogP contribution in [0.3, 0.4) is 0 Å². The fourth-order valence-corrected chi connectivity index (χ4v) is 1.51. The molecule has 0 aliphatic heterocycles. The summed E-state index contributed by atoms with van der Waals surface area (Å²) in [6.07, 6.45) is 2.93. The Morgan fingerprint density at radius 3 is 2.56 bits per heavy atom. The molecule has 0 aromatic carbocycles. The largest absolute Gasteiger partial charge is 0.294 e. The number of halogens is 1. The van der Waals surface area contributed by atoms with Gasteiger partial charge in [0.05, 0.1) is 3.58 Å². The molecule has 0 atom stereocenters. The molecule has 1 nitrogen and oxygen atoms in total. The van der Waals surface area contributed by atoms with Crippen LogP contribution in [0, 0.1) is 0 Å². The van der Waals surface area contributed by atoms with Gasteiger partial charge in [0.15, 0.2) is 5.78 Å². The minimum atomic E-state index is 0.333. The second-order valence-electron chi connectivity index (χ2n) is 2.37. The van der Waals surface area contributed by atoms with Crippen molar-refractivity contribution in [2.24, 2.45) is 0 Å². The summed E-state index contributed by atoms with van der Waals surface area (Å²) < 4.78 is 0.971. The van der Waals surface area contributed by atoms with Crippen molar-refractivity contribution in [1.29, 1.82) is 0 Å². The Morgan fingerprint density at radius 1 is 1.44 bits per heavy atom. The fraction of sp³-hybridized carbons (Fsp3) is 0.571. The van der Waals surface area contributed by atoms with Crippen LogP contribution in [0.2, 0.25) is 0 Å². The lowest BCUT2D eigenvalue weighted by molar-refractivity contribution is -0.115. The van der Waals surface area contributed by atoms with Crippen LogP contribution < -0.4 is 0 Å². The molecule has 1 aliphatic rings. The van der Waals surface area contributed by atoms with Gasteiger partial charge in [-0.1, -0.05) is 5.57 Å². The summed E-state index contributed by atoms with van der Waals surface area (Å²) in [7, 11) is 0. The van der Waals surface area contributed by atoms with Gasteiger partial charge in [-0.25, -0.2) is 0 Å². The molecule has 1 rings (SSSR count). The van der Waals surface area contributed by atoms with Crippen molar-refractivity contribution >= 4 is 28.4 Å². The van der Waals surface area contributed by atoms with E-state index in [4.69, 9.17) is 0 Å². The highest BCUT2D eigenvalue weighted by Crippen LogP contribution is 2.25. The number of Topliss-reactive ketones (excluding diaryl/α,β-unsaturated/α-hetero) is 1. The molecule has 0 bridgehead atoms. The minimum Gasteiger partial charge on any atom is -0.294 e. The predicted octanol–water partition coefficient (Wildman–Crippen LogP) is 2.45. The summed E-state index contributed by atoms with van der Waals surface area (Å²) >= 11 is 2.14. The topological polar surface area (TPSA) is 17.1 Å². The monoisotopic (exact) mass is 236 g/mol. The third-order valence-corrected chi connectivity index (χ3v) is 3.10. The van der Waals surface area contributed by atoms with E-state index in [1.54, 1.807) is 0 Å². The lowest BCUT2D eigenvalue weighted by atomic mass is 10.0. The first-order valence-corrected chi connectivity index (χ1v) is 4.18. The van der Waals surface area contributed by atoms with E-state index in [9.17, 15) is 4.79 Å². The van der Waals surface area contributed by atoms with Crippen LogP contribution in [0.1, 0.15) is 26.2 Å². The average molecular weight is 236 g/mol. The molecular formula is C7H9IO. The van der Waals surface area contributed by atoms with E-state index < -0.39 is 0 Å². The van der Waals surface area contributed by atoms with Crippen LogP contribution in [0.4, 0.5) is 0 Å². The van der Waals surface area contributed by atoms with Gasteiger partial charge in [-0.15, -0.1) is 0 Å². The summed E-state index contributed by atoms with van der Waals surface area (Å²) in [6, 6.07) is 0. The van der Waals surface area contributed by atoms with Gasteiger partial charge in [-0.2, -0.15) is 0 Å². The van der Waals surface area contributed by atoms with Crippen molar-refractivity contribution in [2.45, 2.75) is 26.2 Å². The van der Waals surface area contributed by atoms with E-state index in [1.807, 2.05) is 6.92 Å². The molecule has 0 spiro atoms. The molecule has 1 aliphatic carbocycles. The second kappa shape index (κ2) is 2.82. The third-order valence-electron chi connectivity index (χ3n) is 1.58. The maximum Gasteiger partial charge on any atom is 0.168 e. The molecule has 0 fully saturated rings. The Morgan fingerprint density at radius 2 is 2.11 bits per heavy atom. The van der Waals surface area contributed by atoms with Crippen molar-refractivity contribution in [3.05, 3.63) is 9.15 Å². The van der Waals surface area contributed by atoms with E-state index in [-0.39, 0.29) is 0 Å². The van der Waals surface area contributed by atoms with Gasteiger partial charge in [0.25, 0.3) is 0 Å². The standard InChI is InChI=1S/C7H9IO/c1-5-3-2-4-6(9)7(5)8/h2-4H2,1H3. The number of allylic oxidation sites excluding steroid dienone is 2. The number of ketones is 1. The van der Waals surface area contributed by atoms with Crippen LogP contribution in [0.25, 0.3) is 0 Å². The lowest BCUT2D eigenvalue weighted by Gasteiger charge is -2.10. The summed E-state index contributed by atoms with van der Waals surface area (Å²) in [5.41, 5.74) is 1.27. The SMILES string of the molecule is CC1=C(I)C(=O)CCC1. The Labute approximate surface area is 68.7 Å². The van der Waals surface area contributed by atoms with Crippen LogP contribution in [-0.4, -0.2) is 5.78 Å². The smallest absolute Gasteiger partial charge is 0.168 e. The quantitative estimate of drug-likeness (QED) is 0.590. The molecule has 2 heteroatoms. The van der Waals surface area contributed by atoms with Gasteiger partial charge in [-0.05, 0) is 42.4 Å². The fourth-order valence-electron chi connectivity index (χ4n) is 0.972. The summed E-state index contributed by atoms with van der Waals surface area (Å²) in [6.45, 7) is 2.04. The molecule has 0 amide bonds. The Balaban J connectivity index is 2.84. The number of hydrogen-bond acceptors (Lipinski definition) is 1. The number of carbonyl (C=O) groups excluding carboxylic acids is 1. The second-order valence-corrected chi connectivity index (χ2v) is 3.45. The van der Waals surface area contributed by atoms with Crippen molar-refractivity contribution in [3.63, 3.8) is 0 Å². The van der Waals surface area contributed by atoms with Gasteiger partial charge < -0.3 is 0 Å². The average Bonchev–Trinajstić information content (AvgIpc) is 1.83. The van der Waals surface area contributed by atoms with E-state index in [2.05, 4.69) is 22.6 Å². The number of hydrogen-bond donors (Lipinski definition) is 0. The molecule has 0 heterocycles. The van der Waals surface area contributed by atoms with Crippen LogP contribution in [0.15, 0.2) is 9.15 Å². The Bertz CT molecular complexity index is 170. The van der Waals surface area contributed by atoms with Gasteiger partial charge in [0.1, 0.15) is 0 Å². The number of carbonyl (C=O) groups is 1. The third kappa shape index (κ3) is 1.53. The molecule has 0 aromatic rings.